The first-order valence-electron chi connectivity index (χ1n) is 6.62. The fourth-order valence-corrected chi connectivity index (χ4v) is 2.68. The van der Waals surface area contributed by atoms with Crippen molar-refractivity contribution in [3.05, 3.63) is 35.0 Å². The highest BCUT2D eigenvalue weighted by molar-refractivity contribution is 6.63. The molecule has 1 aromatic heterocycles. The number of halogens is 2. The molecule has 4 nitrogen and oxygen atoms in total. The number of carbonyl (C=O) groups is 2. The molecule has 1 aromatic carbocycles. The van der Waals surface area contributed by atoms with Crippen LogP contribution in [0, 0.1) is 0 Å². The van der Waals surface area contributed by atoms with Crippen LogP contribution in [-0.4, -0.2) is 22.8 Å². The van der Waals surface area contributed by atoms with E-state index in [-0.39, 0.29) is 13.0 Å². The molecule has 0 aliphatic carbocycles. The number of aryl methyl sites for hydroxylation is 1. The summed E-state index contributed by atoms with van der Waals surface area (Å²) in [6.07, 6.45) is 0.516. The maximum atomic E-state index is 12.1. The van der Waals surface area contributed by atoms with Gasteiger partial charge in [0.25, 0.3) is 0 Å². The number of hydrogen-bond acceptors (Lipinski definition) is 3. The Morgan fingerprint density at radius 1 is 1.33 bits per heavy atom. The fraction of sp³-hybridized carbons (Fsp3) is 0.333. The number of aromatic amines is 1. The van der Waals surface area contributed by atoms with Gasteiger partial charge in [0.1, 0.15) is 5.69 Å². The Labute approximate surface area is 132 Å². The zero-order chi connectivity index (χ0) is 15.4. The SMILES string of the molecule is CCOC(=O)c1[nH]c2cccc(CCl)c2c1CCC(=O)Cl. The lowest BCUT2D eigenvalue weighted by Crippen LogP contribution is -2.08. The molecule has 0 radical (unpaired) electrons. The van der Waals surface area contributed by atoms with E-state index in [0.29, 0.717) is 18.0 Å². The van der Waals surface area contributed by atoms with E-state index in [1.807, 2.05) is 18.2 Å². The molecular weight excluding hydrogens is 313 g/mol. The first kappa shape index (κ1) is 15.9. The van der Waals surface area contributed by atoms with Crippen molar-refractivity contribution < 1.29 is 14.3 Å². The van der Waals surface area contributed by atoms with Gasteiger partial charge in [-0.2, -0.15) is 0 Å². The third-order valence-corrected chi connectivity index (χ3v) is 3.69. The van der Waals surface area contributed by atoms with Gasteiger partial charge in [-0.25, -0.2) is 4.79 Å². The topological polar surface area (TPSA) is 59.2 Å². The maximum absolute atomic E-state index is 12.1. The molecule has 2 aromatic rings. The lowest BCUT2D eigenvalue weighted by atomic mass is 10.0. The van der Waals surface area contributed by atoms with E-state index in [1.165, 1.54) is 0 Å². The van der Waals surface area contributed by atoms with E-state index < -0.39 is 11.2 Å². The molecule has 0 spiro atoms. The Morgan fingerprint density at radius 2 is 2.10 bits per heavy atom. The summed E-state index contributed by atoms with van der Waals surface area (Å²) in [4.78, 5) is 26.2. The van der Waals surface area contributed by atoms with E-state index in [4.69, 9.17) is 27.9 Å². The van der Waals surface area contributed by atoms with Gasteiger partial charge in [0.05, 0.1) is 6.61 Å². The molecule has 0 aliphatic rings. The first-order valence-corrected chi connectivity index (χ1v) is 7.53. The van der Waals surface area contributed by atoms with Crippen LogP contribution in [0.2, 0.25) is 0 Å². The summed E-state index contributed by atoms with van der Waals surface area (Å²) in [5, 5.41) is 0.427. The molecule has 0 fully saturated rings. The molecule has 21 heavy (non-hydrogen) atoms. The van der Waals surface area contributed by atoms with Crippen molar-refractivity contribution in [2.24, 2.45) is 0 Å². The van der Waals surface area contributed by atoms with Gasteiger partial charge in [-0.15, -0.1) is 11.6 Å². The van der Waals surface area contributed by atoms with Crippen LogP contribution in [0.1, 0.15) is 35.0 Å². The summed E-state index contributed by atoms with van der Waals surface area (Å²) >= 11 is 11.4. The van der Waals surface area contributed by atoms with E-state index in [1.54, 1.807) is 6.92 Å². The minimum absolute atomic E-state index is 0.150. The van der Waals surface area contributed by atoms with Crippen molar-refractivity contribution in [2.75, 3.05) is 6.61 Å². The largest absolute Gasteiger partial charge is 0.461 e. The highest BCUT2D eigenvalue weighted by Crippen LogP contribution is 2.29. The molecule has 0 atom stereocenters. The van der Waals surface area contributed by atoms with Crippen molar-refractivity contribution in [1.82, 2.24) is 4.98 Å². The normalized spacial score (nSPS) is 10.8. The number of H-pyrrole nitrogens is 1. The summed E-state index contributed by atoms with van der Waals surface area (Å²) in [5.74, 6) is -0.120. The van der Waals surface area contributed by atoms with Gasteiger partial charge in [0.2, 0.25) is 5.24 Å². The molecule has 0 bridgehead atoms. The van der Waals surface area contributed by atoms with Crippen LogP contribution in [0.3, 0.4) is 0 Å². The van der Waals surface area contributed by atoms with Crippen LogP contribution in [-0.2, 0) is 21.8 Å². The van der Waals surface area contributed by atoms with Crippen LogP contribution in [0.25, 0.3) is 10.9 Å². The molecule has 0 amide bonds. The average Bonchev–Trinajstić information content (AvgIpc) is 2.84. The van der Waals surface area contributed by atoms with E-state index in [0.717, 1.165) is 22.0 Å². The third-order valence-electron chi connectivity index (χ3n) is 3.21. The summed E-state index contributed by atoms with van der Waals surface area (Å²) < 4.78 is 5.06. The van der Waals surface area contributed by atoms with Gasteiger partial charge in [-0.1, -0.05) is 12.1 Å². The Morgan fingerprint density at radius 3 is 2.71 bits per heavy atom. The van der Waals surface area contributed by atoms with Gasteiger partial charge < -0.3 is 9.72 Å². The second-order valence-electron chi connectivity index (χ2n) is 4.53. The van der Waals surface area contributed by atoms with Crippen LogP contribution >= 0.6 is 23.2 Å². The van der Waals surface area contributed by atoms with Crippen molar-refractivity contribution in [2.45, 2.75) is 25.6 Å². The summed E-state index contributed by atoms with van der Waals surface area (Å²) in [7, 11) is 0. The molecule has 0 saturated heterocycles. The monoisotopic (exact) mass is 327 g/mol. The Hall–Kier alpha value is -1.52. The second-order valence-corrected chi connectivity index (χ2v) is 5.22. The highest BCUT2D eigenvalue weighted by atomic mass is 35.5. The van der Waals surface area contributed by atoms with Crippen LogP contribution in [0.4, 0.5) is 0 Å². The van der Waals surface area contributed by atoms with Crippen molar-refractivity contribution in [1.29, 1.82) is 0 Å². The minimum Gasteiger partial charge on any atom is -0.461 e. The van der Waals surface area contributed by atoms with E-state index in [2.05, 4.69) is 4.98 Å². The molecule has 6 heteroatoms. The molecule has 1 heterocycles. The van der Waals surface area contributed by atoms with E-state index in [9.17, 15) is 9.59 Å². The number of ether oxygens (including phenoxy) is 1. The van der Waals surface area contributed by atoms with Crippen LogP contribution < -0.4 is 0 Å². The minimum atomic E-state index is -0.442. The molecule has 2 rings (SSSR count). The summed E-state index contributed by atoms with van der Waals surface area (Å²) in [6.45, 7) is 2.02. The standard InChI is InChI=1S/C15H15Cl2NO3/c1-2-21-15(20)14-10(6-7-12(17)19)13-9(8-16)4-3-5-11(13)18-14/h3-5,18H,2,6-8H2,1H3. The number of rotatable bonds is 6. The Bertz CT molecular complexity index is 679. The molecule has 0 aliphatic heterocycles. The zero-order valence-electron chi connectivity index (χ0n) is 11.5. The molecule has 0 unspecified atom stereocenters. The average molecular weight is 328 g/mol. The Kier molecular flexibility index (Phi) is 5.26. The van der Waals surface area contributed by atoms with Crippen molar-refractivity contribution >= 4 is 45.3 Å². The summed E-state index contributed by atoms with van der Waals surface area (Å²) in [6, 6.07) is 5.62. The molecule has 0 saturated carbocycles. The predicted molar refractivity (Wildman–Crippen MR) is 83.0 cm³/mol. The number of fused-ring (bicyclic) bond motifs is 1. The smallest absolute Gasteiger partial charge is 0.355 e. The number of alkyl halides is 1. The number of hydrogen-bond donors (Lipinski definition) is 1. The second kappa shape index (κ2) is 6.96. The molecular formula is C15H15Cl2NO3. The fourth-order valence-electron chi connectivity index (χ4n) is 2.36. The van der Waals surface area contributed by atoms with Crippen molar-refractivity contribution in [3.8, 4) is 0 Å². The Balaban J connectivity index is 2.58. The number of aromatic nitrogens is 1. The maximum Gasteiger partial charge on any atom is 0.355 e. The highest BCUT2D eigenvalue weighted by Gasteiger charge is 2.20. The number of benzene rings is 1. The van der Waals surface area contributed by atoms with Gasteiger partial charge in [0, 0.05) is 23.2 Å². The van der Waals surface area contributed by atoms with Crippen LogP contribution in [0.15, 0.2) is 18.2 Å². The van der Waals surface area contributed by atoms with Gasteiger partial charge in [-0.3, -0.25) is 4.79 Å². The molecule has 112 valence electrons. The quantitative estimate of drug-likeness (QED) is 0.499. The summed E-state index contributed by atoms with van der Waals surface area (Å²) in [5.41, 5.74) is 2.79. The predicted octanol–water partition coefficient (Wildman–Crippen LogP) is 3.78. The van der Waals surface area contributed by atoms with Gasteiger partial charge in [0.15, 0.2) is 0 Å². The third kappa shape index (κ3) is 3.39. The zero-order valence-corrected chi connectivity index (χ0v) is 13.1. The molecule has 1 N–H and O–H groups in total. The van der Waals surface area contributed by atoms with Gasteiger partial charge in [-0.05, 0) is 42.1 Å². The first-order chi connectivity index (χ1) is 10.1. The number of esters is 1. The lowest BCUT2D eigenvalue weighted by Gasteiger charge is -2.05. The number of nitrogens with one attached hydrogen (secondary N) is 1. The van der Waals surface area contributed by atoms with E-state index >= 15 is 0 Å². The van der Waals surface area contributed by atoms with Gasteiger partial charge >= 0.3 is 5.97 Å². The number of carbonyl (C=O) groups excluding carboxylic acids is 2. The van der Waals surface area contributed by atoms with Crippen LogP contribution in [0.5, 0.6) is 0 Å². The lowest BCUT2D eigenvalue weighted by molar-refractivity contribution is -0.111. The van der Waals surface area contributed by atoms with Crippen molar-refractivity contribution in [3.63, 3.8) is 0 Å².